The van der Waals surface area contributed by atoms with Crippen LogP contribution in [0.1, 0.15) is 34.6 Å². The van der Waals surface area contributed by atoms with Crippen LogP contribution in [-0.4, -0.2) is 58.3 Å². The van der Waals surface area contributed by atoms with Crippen molar-refractivity contribution >= 4 is 50.1 Å². The molecule has 2 amide bonds. The molecule has 0 bridgehead atoms. The maximum atomic E-state index is 13.7. The van der Waals surface area contributed by atoms with Crippen LogP contribution in [0.15, 0.2) is 53.5 Å². The summed E-state index contributed by atoms with van der Waals surface area (Å²) >= 11 is 1.21. The summed E-state index contributed by atoms with van der Waals surface area (Å²) < 4.78 is 39.7. The number of alkyl halides is 3. The number of carboxylic acid groups (broad SMARTS) is 1. The van der Waals surface area contributed by atoms with Gasteiger partial charge < -0.3 is 25.0 Å². The zero-order valence-corrected chi connectivity index (χ0v) is 22.5. The Morgan fingerprint density at radius 1 is 1.17 bits per heavy atom. The Morgan fingerprint density at radius 2 is 1.88 bits per heavy atom. The smallest absolute Gasteiger partial charge is 0.490 e. The lowest BCUT2D eigenvalue weighted by Crippen LogP contribution is -2.45. The molecule has 1 aliphatic heterocycles. The number of nitrogens with one attached hydrogen (secondary N) is 2. The fourth-order valence-corrected chi connectivity index (χ4v) is 5.60. The van der Waals surface area contributed by atoms with E-state index in [9.17, 15) is 27.6 Å². The summed E-state index contributed by atoms with van der Waals surface area (Å²) in [5.74, 6) is -3.13. The number of para-hydroxylation sites is 1. The van der Waals surface area contributed by atoms with E-state index in [1.54, 1.807) is 10.8 Å². The number of methoxy groups -OCH3 is 1. The number of aliphatic carboxylic acids is 1. The largest absolute Gasteiger partial charge is 0.494 e. The summed E-state index contributed by atoms with van der Waals surface area (Å²) in [5, 5.41) is 14.0. The molecule has 0 radical (unpaired) electrons. The Hall–Kier alpha value is -4.46. The maximum Gasteiger partial charge on any atom is 0.490 e. The third-order valence-electron chi connectivity index (χ3n) is 6.30. The molecule has 0 spiro atoms. The predicted molar refractivity (Wildman–Crippen MR) is 145 cm³/mol. The SMILES string of the molecule is COc1c(C(=O)NC2CCCCNC2=O)sc2c1c(=O)n(Cc1ccccn1)c1ccccc21.O=C(O)C(F)(F)F. The van der Waals surface area contributed by atoms with Gasteiger partial charge in [0.2, 0.25) is 5.91 Å². The van der Waals surface area contributed by atoms with Crippen molar-refractivity contribution in [3.63, 3.8) is 0 Å². The number of hydrogen-bond acceptors (Lipinski definition) is 7. The predicted octanol–water partition coefficient (Wildman–Crippen LogP) is 3.70. The Labute approximate surface area is 234 Å². The molecule has 1 saturated heterocycles. The van der Waals surface area contributed by atoms with Crippen molar-refractivity contribution in [3.8, 4) is 5.75 Å². The van der Waals surface area contributed by atoms with E-state index in [4.69, 9.17) is 14.6 Å². The summed E-state index contributed by atoms with van der Waals surface area (Å²) in [6.07, 6.45) is -1.09. The molecule has 3 aromatic heterocycles. The molecule has 5 rings (SSSR count). The summed E-state index contributed by atoms with van der Waals surface area (Å²) in [6.45, 7) is 0.901. The molecule has 41 heavy (non-hydrogen) atoms. The van der Waals surface area contributed by atoms with Crippen molar-refractivity contribution in [1.29, 1.82) is 0 Å². The number of ether oxygens (including phenoxy) is 1. The first kappa shape index (κ1) is 29.5. The number of amides is 2. The highest BCUT2D eigenvalue weighted by Gasteiger charge is 2.38. The lowest BCUT2D eigenvalue weighted by atomic mass is 10.1. The molecular weight excluding hydrogens is 565 g/mol. The monoisotopic (exact) mass is 590 g/mol. The van der Waals surface area contributed by atoms with Crippen LogP contribution >= 0.6 is 11.3 Å². The van der Waals surface area contributed by atoms with Gasteiger partial charge in [-0.1, -0.05) is 24.3 Å². The molecule has 10 nitrogen and oxygen atoms in total. The molecular formula is C27H25F3N4O6S. The van der Waals surface area contributed by atoms with Crippen molar-refractivity contribution < 1.29 is 37.4 Å². The molecule has 1 aliphatic rings. The minimum Gasteiger partial charge on any atom is -0.494 e. The number of nitrogens with zero attached hydrogens (tertiary/aromatic N) is 2. The number of aromatic nitrogens is 2. The fourth-order valence-electron chi connectivity index (χ4n) is 4.40. The van der Waals surface area contributed by atoms with E-state index in [-0.39, 0.29) is 22.1 Å². The summed E-state index contributed by atoms with van der Waals surface area (Å²) in [6, 6.07) is 12.6. The molecule has 0 saturated carbocycles. The standard InChI is InChI=1S/C25H24N4O4S.C2HF3O2/c1-33-20-19-21(34-22(20)24(31)28-17-10-5-7-13-27-23(17)30)16-9-2-3-11-18(16)29(25(19)32)14-15-8-4-6-12-26-15;3-2(4,5)1(6)7/h2-4,6,8-9,11-12,17H,5,7,10,13-14H2,1H3,(H,27,30)(H,28,31);(H,6,7). The Balaban J connectivity index is 0.000000493. The highest BCUT2D eigenvalue weighted by Crippen LogP contribution is 2.39. The van der Waals surface area contributed by atoms with Gasteiger partial charge in [0.1, 0.15) is 16.3 Å². The fraction of sp³-hybridized carbons (Fsp3) is 0.296. The summed E-state index contributed by atoms with van der Waals surface area (Å²) in [5.41, 5.74) is 1.25. The van der Waals surface area contributed by atoms with Crippen LogP contribution in [0.5, 0.6) is 5.75 Å². The lowest BCUT2D eigenvalue weighted by molar-refractivity contribution is -0.192. The number of rotatable bonds is 5. The van der Waals surface area contributed by atoms with Crippen molar-refractivity contribution in [2.45, 2.75) is 38.0 Å². The normalized spacial score (nSPS) is 15.4. The quantitative estimate of drug-likeness (QED) is 0.322. The average molecular weight is 591 g/mol. The number of fused-ring (bicyclic) bond motifs is 3. The second kappa shape index (κ2) is 12.4. The van der Waals surface area contributed by atoms with Crippen LogP contribution in [0.4, 0.5) is 13.2 Å². The molecule has 3 N–H and O–H groups in total. The van der Waals surface area contributed by atoms with Crippen LogP contribution in [0.25, 0.3) is 21.0 Å². The molecule has 1 aromatic carbocycles. The van der Waals surface area contributed by atoms with Crippen molar-refractivity contribution in [2.24, 2.45) is 0 Å². The van der Waals surface area contributed by atoms with E-state index in [0.717, 1.165) is 29.4 Å². The van der Waals surface area contributed by atoms with E-state index in [1.165, 1.54) is 18.4 Å². The first-order valence-corrected chi connectivity index (χ1v) is 13.2. The molecule has 1 unspecified atom stereocenters. The minimum atomic E-state index is -5.08. The third-order valence-corrected chi connectivity index (χ3v) is 7.51. The van der Waals surface area contributed by atoms with Crippen LogP contribution in [0, 0.1) is 0 Å². The Morgan fingerprint density at radius 3 is 2.54 bits per heavy atom. The maximum absolute atomic E-state index is 13.7. The van der Waals surface area contributed by atoms with Crippen LogP contribution in [-0.2, 0) is 16.1 Å². The number of carboxylic acids is 1. The molecule has 1 fully saturated rings. The zero-order chi connectivity index (χ0) is 29.7. The van der Waals surface area contributed by atoms with Crippen LogP contribution in [0.2, 0.25) is 0 Å². The topological polar surface area (TPSA) is 140 Å². The first-order valence-electron chi connectivity index (χ1n) is 12.4. The van der Waals surface area contributed by atoms with Gasteiger partial charge in [-0.25, -0.2) is 4.79 Å². The molecule has 4 heterocycles. The Bertz CT molecular complexity index is 1650. The number of thiophene rings is 1. The van der Waals surface area contributed by atoms with E-state index >= 15 is 0 Å². The van der Waals surface area contributed by atoms with Crippen molar-refractivity contribution in [1.82, 2.24) is 20.2 Å². The average Bonchev–Trinajstić information content (AvgIpc) is 3.23. The number of hydrogen-bond donors (Lipinski definition) is 3. The van der Waals surface area contributed by atoms with E-state index in [2.05, 4.69) is 15.6 Å². The highest BCUT2D eigenvalue weighted by atomic mass is 32.1. The second-order valence-corrected chi connectivity index (χ2v) is 10.0. The van der Waals surface area contributed by atoms with Gasteiger partial charge in [-0.05, 0) is 37.5 Å². The van der Waals surface area contributed by atoms with E-state index in [1.807, 2.05) is 42.5 Å². The molecule has 14 heteroatoms. The van der Waals surface area contributed by atoms with E-state index < -0.39 is 24.1 Å². The van der Waals surface area contributed by atoms with Gasteiger partial charge in [0.25, 0.3) is 11.5 Å². The number of carbonyl (C=O) groups is 3. The molecule has 4 aromatic rings. The summed E-state index contributed by atoms with van der Waals surface area (Å²) in [4.78, 5) is 52.9. The number of carbonyl (C=O) groups excluding carboxylic acids is 2. The lowest BCUT2D eigenvalue weighted by Gasteiger charge is -2.15. The highest BCUT2D eigenvalue weighted by molar-refractivity contribution is 7.22. The third kappa shape index (κ3) is 6.48. The second-order valence-electron chi connectivity index (χ2n) is 9.01. The van der Waals surface area contributed by atoms with Gasteiger partial charge in [-0.2, -0.15) is 13.2 Å². The zero-order valence-electron chi connectivity index (χ0n) is 21.7. The molecule has 0 aliphatic carbocycles. The van der Waals surface area contributed by atoms with E-state index in [0.29, 0.717) is 29.6 Å². The number of benzene rings is 1. The molecule has 216 valence electrons. The van der Waals surface area contributed by atoms with Crippen molar-refractivity contribution in [3.05, 3.63) is 69.6 Å². The summed E-state index contributed by atoms with van der Waals surface area (Å²) in [7, 11) is 1.45. The molecule has 1 atom stereocenters. The first-order chi connectivity index (χ1) is 19.5. The minimum absolute atomic E-state index is 0.186. The van der Waals surface area contributed by atoms with Gasteiger partial charge in [0.05, 0.1) is 29.6 Å². The van der Waals surface area contributed by atoms with Crippen LogP contribution in [0.3, 0.4) is 0 Å². The van der Waals surface area contributed by atoms with Gasteiger partial charge in [-0.15, -0.1) is 11.3 Å². The van der Waals surface area contributed by atoms with Crippen LogP contribution < -0.4 is 20.9 Å². The van der Waals surface area contributed by atoms with Gasteiger partial charge in [-0.3, -0.25) is 19.4 Å². The number of pyridine rings is 2. The van der Waals surface area contributed by atoms with Gasteiger partial charge in [0.15, 0.2) is 5.75 Å². The van der Waals surface area contributed by atoms with Crippen molar-refractivity contribution in [2.75, 3.05) is 13.7 Å². The van der Waals surface area contributed by atoms with Gasteiger partial charge in [0, 0.05) is 18.1 Å². The Kier molecular flexibility index (Phi) is 8.91. The number of halogens is 3. The van der Waals surface area contributed by atoms with Gasteiger partial charge >= 0.3 is 12.1 Å².